The van der Waals surface area contributed by atoms with Gasteiger partial charge in [-0.15, -0.1) is 0 Å². The van der Waals surface area contributed by atoms with Crippen LogP contribution in [-0.4, -0.2) is 71.1 Å². The molecule has 0 saturated heterocycles. The zero-order chi connectivity index (χ0) is 43.7. The molecule has 4 atom stereocenters. The van der Waals surface area contributed by atoms with Crippen LogP contribution in [0.5, 0.6) is 0 Å². The number of allylic oxidation sites excluding steroid dienone is 15. The van der Waals surface area contributed by atoms with Crippen molar-refractivity contribution in [3.63, 3.8) is 0 Å². The largest absolute Gasteiger partial charge is 0.480 e. The fourth-order valence-corrected chi connectivity index (χ4v) is 5.83. The summed E-state index contributed by atoms with van der Waals surface area (Å²) in [5.41, 5.74) is 5.31. The van der Waals surface area contributed by atoms with E-state index in [1.54, 1.807) is 12.2 Å². The predicted octanol–water partition coefficient (Wildman–Crippen LogP) is 10.2. The molecule has 0 spiro atoms. The molecule has 0 amide bonds. The predicted molar refractivity (Wildman–Crippen MR) is 236 cm³/mol. The van der Waals surface area contributed by atoms with Crippen LogP contribution in [0.4, 0.5) is 0 Å². The molecule has 0 aromatic carbocycles. The lowest BCUT2D eigenvalue weighted by molar-refractivity contribution is -0.161. The first-order valence-corrected chi connectivity index (χ1v) is 22.9. The summed E-state index contributed by atoms with van der Waals surface area (Å²) in [6.45, 7) is 2.41. The Morgan fingerprint density at radius 2 is 1.15 bits per heavy atom. The number of carbonyl (C=O) groups is 3. The molecule has 0 aliphatic heterocycles. The summed E-state index contributed by atoms with van der Waals surface area (Å²) in [6.07, 6.45) is 46.6. The van der Waals surface area contributed by atoms with Crippen LogP contribution in [0.15, 0.2) is 97.2 Å². The third kappa shape index (κ3) is 39.6. The number of carbonyl (C=O) groups excluding carboxylic acids is 2. The third-order valence-electron chi connectivity index (χ3n) is 8.42. The number of ether oxygens (including phenoxy) is 2. The van der Waals surface area contributed by atoms with E-state index in [-0.39, 0.29) is 25.7 Å². The van der Waals surface area contributed by atoms with Crippen molar-refractivity contribution in [3.05, 3.63) is 97.2 Å². The molecule has 13 heteroatoms. The molecule has 0 heterocycles. The molecule has 0 aromatic rings. The summed E-state index contributed by atoms with van der Waals surface area (Å²) in [7, 11) is -4.79. The van der Waals surface area contributed by atoms with Crippen LogP contribution in [0.1, 0.15) is 136 Å². The summed E-state index contributed by atoms with van der Waals surface area (Å²) in [4.78, 5) is 45.9. The molecule has 0 saturated carbocycles. The molecule has 2 unspecified atom stereocenters. The van der Waals surface area contributed by atoms with Crippen molar-refractivity contribution in [2.75, 3.05) is 19.8 Å². The number of carboxylic acid groups (broad SMARTS) is 1. The van der Waals surface area contributed by atoms with Gasteiger partial charge in [0.1, 0.15) is 12.6 Å². The molecular weight excluding hydrogens is 773 g/mol. The smallest absolute Gasteiger partial charge is 0.472 e. The van der Waals surface area contributed by atoms with Gasteiger partial charge < -0.3 is 30.3 Å². The molecule has 0 aliphatic rings. The number of hydrogen-bond donors (Lipinski definition) is 4. The molecule has 0 aliphatic carbocycles. The fourth-order valence-electron chi connectivity index (χ4n) is 5.05. The number of aliphatic hydroxyl groups excluding tert-OH is 1. The highest BCUT2D eigenvalue weighted by Crippen LogP contribution is 2.43. The van der Waals surface area contributed by atoms with Gasteiger partial charge in [0.25, 0.3) is 0 Å². The second-order valence-electron chi connectivity index (χ2n) is 13.9. The number of phosphoric acid groups is 1. The lowest BCUT2D eigenvalue weighted by Gasteiger charge is -2.20. The number of nitrogens with two attached hydrogens (primary N) is 1. The topological polar surface area (TPSA) is 192 Å². The number of aliphatic hydroxyl groups is 1. The van der Waals surface area contributed by atoms with E-state index < -0.39 is 63.8 Å². The van der Waals surface area contributed by atoms with E-state index in [2.05, 4.69) is 79.1 Å². The normalized spacial score (nSPS) is 15.2. The third-order valence-corrected chi connectivity index (χ3v) is 9.37. The molecule has 0 fully saturated rings. The van der Waals surface area contributed by atoms with Crippen molar-refractivity contribution in [2.24, 2.45) is 5.73 Å². The highest BCUT2D eigenvalue weighted by atomic mass is 31.2. The van der Waals surface area contributed by atoms with E-state index in [4.69, 9.17) is 24.8 Å². The van der Waals surface area contributed by atoms with Crippen molar-refractivity contribution >= 4 is 25.7 Å². The van der Waals surface area contributed by atoms with Gasteiger partial charge >= 0.3 is 25.7 Å². The zero-order valence-electron chi connectivity index (χ0n) is 35.7. The van der Waals surface area contributed by atoms with E-state index in [0.29, 0.717) is 12.8 Å². The first-order chi connectivity index (χ1) is 28.5. The SMILES string of the molecule is CC/C=C\C/C=C\C/C=C\C/C=C\C=C\C(O)CCCC(=O)O[C@H](COC(=O)CCC/C=C\C/C=C\C/C=C\CCCCCCCC)COP(=O)(O)OC[C@H](N)C(=O)O. The van der Waals surface area contributed by atoms with Gasteiger partial charge in [0.05, 0.1) is 19.3 Å². The van der Waals surface area contributed by atoms with Crippen molar-refractivity contribution in [1.82, 2.24) is 0 Å². The van der Waals surface area contributed by atoms with E-state index in [9.17, 15) is 28.9 Å². The van der Waals surface area contributed by atoms with Gasteiger partial charge in [-0.05, 0) is 77.0 Å². The molecule has 12 nitrogen and oxygen atoms in total. The summed E-state index contributed by atoms with van der Waals surface area (Å²) < 4.78 is 32.5. The van der Waals surface area contributed by atoms with Crippen LogP contribution >= 0.6 is 7.82 Å². The Kier molecular flexibility index (Phi) is 37.3. The Labute approximate surface area is 354 Å². The van der Waals surface area contributed by atoms with Crippen LogP contribution in [0.3, 0.4) is 0 Å². The minimum atomic E-state index is -4.79. The minimum absolute atomic E-state index is 0.0858. The van der Waals surface area contributed by atoms with Crippen molar-refractivity contribution in [2.45, 2.75) is 154 Å². The van der Waals surface area contributed by atoms with Crippen LogP contribution in [0, 0.1) is 0 Å². The maximum absolute atomic E-state index is 12.6. The van der Waals surface area contributed by atoms with Crippen molar-refractivity contribution in [3.8, 4) is 0 Å². The molecule has 0 rings (SSSR count). The number of hydrogen-bond acceptors (Lipinski definition) is 10. The number of carboxylic acids is 1. The Morgan fingerprint density at radius 3 is 1.76 bits per heavy atom. The molecule has 0 radical (unpaired) electrons. The maximum Gasteiger partial charge on any atom is 0.472 e. The lowest BCUT2D eigenvalue weighted by Crippen LogP contribution is -2.34. The highest BCUT2D eigenvalue weighted by Gasteiger charge is 2.28. The van der Waals surface area contributed by atoms with Gasteiger partial charge in [0.15, 0.2) is 6.10 Å². The molecule has 0 bridgehead atoms. The summed E-state index contributed by atoms with van der Waals surface area (Å²) in [5.74, 6) is -2.69. The van der Waals surface area contributed by atoms with Gasteiger partial charge in [-0.2, -0.15) is 0 Å². The van der Waals surface area contributed by atoms with Crippen LogP contribution in [0.25, 0.3) is 0 Å². The number of rotatable bonds is 38. The Hall–Kier alpha value is -3.64. The van der Waals surface area contributed by atoms with Crippen LogP contribution < -0.4 is 5.73 Å². The van der Waals surface area contributed by atoms with E-state index >= 15 is 0 Å². The monoisotopic (exact) mass is 847 g/mol. The lowest BCUT2D eigenvalue weighted by atomic mass is 10.1. The molecule has 5 N–H and O–H groups in total. The van der Waals surface area contributed by atoms with Gasteiger partial charge in [0.2, 0.25) is 0 Å². The highest BCUT2D eigenvalue weighted by molar-refractivity contribution is 7.47. The van der Waals surface area contributed by atoms with Crippen molar-refractivity contribution < 1.29 is 52.6 Å². The minimum Gasteiger partial charge on any atom is -0.480 e. The first-order valence-electron chi connectivity index (χ1n) is 21.4. The number of aliphatic carboxylic acids is 1. The van der Waals surface area contributed by atoms with Crippen LogP contribution in [-0.2, 0) is 37.5 Å². The molecule has 0 aromatic heterocycles. The van der Waals surface area contributed by atoms with E-state index in [0.717, 1.165) is 44.9 Å². The van der Waals surface area contributed by atoms with Gasteiger partial charge in [-0.3, -0.25) is 23.4 Å². The summed E-state index contributed by atoms with van der Waals surface area (Å²) >= 11 is 0. The first kappa shape index (κ1) is 55.4. The number of phosphoric ester groups is 1. The molecular formula is C46H74NO11P. The second-order valence-corrected chi connectivity index (χ2v) is 15.4. The van der Waals surface area contributed by atoms with E-state index in [1.807, 2.05) is 24.3 Å². The second kappa shape index (κ2) is 39.8. The average molecular weight is 848 g/mol. The summed E-state index contributed by atoms with van der Waals surface area (Å²) in [6, 6.07) is -1.56. The number of unbranched alkanes of at least 4 members (excludes halogenated alkanes) is 7. The van der Waals surface area contributed by atoms with E-state index in [1.165, 1.54) is 38.5 Å². The van der Waals surface area contributed by atoms with Crippen LogP contribution in [0.2, 0.25) is 0 Å². The summed E-state index contributed by atoms with van der Waals surface area (Å²) in [5, 5.41) is 19.2. The zero-order valence-corrected chi connectivity index (χ0v) is 36.6. The van der Waals surface area contributed by atoms with Gasteiger partial charge in [0, 0.05) is 12.8 Å². The van der Waals surface area contributed by atoms with Gasteiger partial charge in [-0.25, -0.2) is 4.57 Å². The Morgan fingerprint density at radius 1 is 0.627 bits per heavy atom. The number of esters is 2. The molecule has 59 heavy (non-hydrogen) atoms. The average Bonchev–Trinajstić information content (AvgIpc) is 3.20. The molecule has 334 valence electrons. The maximum atomic E-state index is 12.6. The standard InChI is InChI=1S/C46H74NO11P/c1-3-5-7-9-11-13-15-17-18-19-20-22-24-26-28-30-32-36-44(49)55-38-42(39-56-59(53,54)57-40-43(47)46(51)52)58-45(50)37-33-35-41(48)34-31-29-27-25-23-21-16-14-12-10-8-6-4-2/h6,8,12,14,17-18,20-23,26-29,31,34,41-43,48H,3-5,7,9-11,13,15-16,19,24-25,30,32-33,35-40,47H2,1-2H3,(H,51,52)(H,53,54)/b8-6-,14-12-,18-17-,22-20-,23-21-,28-26-,29-27-,34-31+/t41?,42-,43+/m1/s1. The van der Waals surface area contributed by atoms with Gasteiger partial charge in [-0.1, -0.05) is 143 Å². The quantitative estimate of drug-likeness (QED) is 0.0151. The Balaban J connectivity index is 4.68. The fraction of sp³-hybridized carbons (Fsp3) is 0.587. The Bertz CT molecular complexity index is 1380. The van der Waals surface area contributed by atoms with Crippen molar-refractivity contribution in [1.29, 1.82) is 0 Å².